The SMILES string of the molecule is CC1CCC(Oc2ccc3ccc(CC[C@]4(CC(=O)O)CCCNC4)cc3c2Cl)CC1. The van der Waals surface area contributed by atoms with Crippen LogP contribution < -0.4 is 10.1 Å². The molecule has 1 saturated heterocycles. The molecule has 2 aromatic carbocycles. The molecule has 2 N–H and O–H groups in total. The van der Waals surface area contributed by atoms with Crippen molar-refractivity contribution in [3.05, 3.63) is 40.9 Å². The largest absolute Gasteiger partial charge is 0.489 e. The molecule has 1 aliphatic heterocycles. The number of benzene rings is 2. The molecule has 2 fully saturated rings. The Labute approximate surface area is 190 Å². The number of nitrogens with one attached hydrogen (secondary N) is 1. The van der Waals surface area contributed by atoms with E-state index in [1.165, 1.54) is 18.4 Å². The lowest BCUT2D eigenvalue weighted by Gasteiger charge is -2.36. The minimum Gasteiger partial charge on any atom is -0.489 e. The number of hydrogen-bond donors (Lipinski definition) is 2. The summed E-state index contributed by atoms with van der Waals surface area (Å²) in [6, 6.07) is 10.5. The van der Waals surface area contributed by atoms with Crippen molar-refractivity contribution in [3.63, 3.8) is 0 Å². The normalized spacial score (nSPS) is 26.6. The molecule has 0 aromatic heterocycles. The molecule has 5 heteroatoms. The van der Waals surface area contributed by atoms with Crippen LogP contribution >= 0.6 is 11.6 Å². The first-order chi connectivity index (χ1) is 14.9. The van der Waals surface area contributed by atoms with Gasteiger partial charge >= 0.3 is 5.97 Å². The van der Waals surface area contributed by atoms with Crippen molar-refractivity contribution >= 4 is 28.3 Å². The van der Waals surface area contributed by atoms with Crippen LogP contribution in [0, 0.1) is 11.3 Å². The van der Waals surface area contributed by atoms with Crippen molar-refractivity contribution < 1.29 is 14.6 Å². The van der Waals surface area contributed by atoms with Gasteiger partial charge in [-0.05, 0) is 92.3 Å². The van der Waals surface area contributed by atoms with E-state index in [1.807, 2.05) is 6.07 Å². The van der Waals surface area contributed by atoms with Crippen LogP contribution in [-0.4, -0.2) is 30.3 Å². The van der Waals surface area contributed by atoms with Crippen molar-refractivity contribution in [2.24, 2.45) is 11.3 Å². The highest BCUT2D eigenvalue weighted by molar-refractivity contribution is 6.37. The molecule has 0 bridgehead atoms. The lowest BCUT2D eigenvalue weighted by Crippen LogP contribution is -2.41. The van der Waals surface area contributed by atoms with Gasteiger partial charge in [-0.2, -0.15) is 0 Å². The molecule has 1 aliphatic carbocycles. The first-order valence-electron chi connectivity index (χ1n) is 11.7. The second-order valence-electron chi connectivity index (χ2n) is 9.78. The van der Waals surface area contributed by atoms with Gasteiger partial charge in [-0.25, -0.2) is 0 Å². The number of carboxylic acids is 1. The Bertz CT molecular complexity index is 914. The number of carboxylic acid groups (broad SMARTS) is 1. The summed E-state index contributed by atoms with van der Waals surface area (Å²) in [6.45, 7) is 4.08. The van der Waals surface area contributed by atoms with Crippen LogP contribution in [0.5, 0.6) is 5.75 Å². The fourth-order valence-corrected chi connectivity index (χ4v) is 5.57. The van der Waals surface area contributed by atoms with E-state index in [-0.39, 0.29) is 17.9 Å². The minimum atomic E-state index is -0.704. The molecule has 4 nitrogen and oxygen atoms in total. The number of piperidine rings is 1. The van der Waals surface area contributed by atoms with Crippen LogP contribution in [0.4, 0.5) is 0 Å². The van der Waals surface area contributed by atoms with Gasteiger partial charge in [-0.15, -0.1) is 0 Å². The van der Waals surface area contributed by atoms with Crippen LogP contribution in [-0.2, 0) is 11.2 Å². The maximum atomic E-state index is 11.5. The number of carbonyl (C=O) groups is 1. The van der Waals surface area contributed by atoms with E-state index in [1.54, 1.807) is 0 Å². The first-order valence-corrected chi connectivity index (χ1v) is 12.1. The summed E-state index contributed by atoms with van der Waals surface area (Å²) < 4.78 is 6.29. The maximum absolute atomic E-state index is 11.5. The quantitative estimate of drug-likeness (QED) is 0.532. The average Bonchev–Trinajstić information content (AvgIpc) is 2.76. The summed E-state index contributed by atoms with van der Waals surface area (Å²) in [6.07, 6.45) is 8.83. The molecule has 0 spiro atoms. The molecular formula is C26H34ClNO3. The third-order valence-corrected chi connectivity index (χ3v) is 7.66. The van der Waals surface area contributed by atoms with Gasteiger partial charge in [-0.3, -0.25) is 4.79 Å². The van der Waals surface area contributed by atoms with Gasteiger partial charge in [-0.1, -0.05) is 36.7 Å². The molecule has 2 aliphatic rings. The van der Waals surface area contributed by atoms with E-state index in [0.29, 0.717) is 5.02 Å². The molecule has 1 heterocycles. The summed E-state index contributed by atoms with van der Waals surface area (Å²) in [7, 11) is 0. The highest BCUT2D eigenvalue weighted by Gasteiger charge is 2.34. The smallest absolute Gasteiger partial charge is 0.303 e. The molecule has 0 amide bonds. The Kier molecular flexibility index (Phi) is 7.08. The van der Waals surface area contributed by atoms with E-state index in [4.69, 9.17) is 16.3 Å². The molecule has 168 valence electrons. The fraction of sp³-hybridized carbons (Fsp3) is 0.577. The number of fused-ring (bicyclic) bond motifs is 1. The van der Waals surface area contributed by atoms with Gasteiger partial charge in [0.2, 0.25) is 0 Å². The zero-order valence-electron chi connectivity index (χ0n) is 18.5. The topological polar surface area (TPSA) is 58.6 Å². The lowest BCUT2D eigenvalue weighted by molar-refractivity contribution is -0.140. The van der Waals surface area contributed by atoms with Crippen LogP contribution in [0.3, 0.4) is 0 Å². The standard InChI is InChI=1S/C26H34ClNO3/c1-18-3-8-21(9-4-18)31-23-10-7-20-6-5-19(15-22(20)25(23)27)11-13-26(16-24(29)30)12-2-14-28-17-26/h5-7,10,15,18,21,28H,2-4,8-9,11-14,16-17H2,1H3,(H,29,30)/t18?,21?,26-/m0/s1. The third kappa shape index (κ3) is 5.53. The molecule has 0 radical (unpaired) electrons. The fourth-order valence-electron chi connectivity index (χ4n) is 5.30. The maximum Gasteiger partial charge on any atom is 0.303 e. The Hall–Kier alpha value is -1.78. The highest BCUT2D eigenvalue weighted by Crippen LogP contribution is 2.38. The van der Waals surface area contributed by atoms with Crippen molar-refractivity contribution in [3.8, 4) is 5.75 Å². The van der Waals surface area contributed by atoms with Gasteiger partial charge < -0.3 is 15.2 Å². The lowest BCUT2D eigenvalue weighted by atomic mass is 9.73. The predicted molar refractivity (Wildman–Crippen MR) is 126 cm³/mol. The Morgan fingerprint density at radius 3 is 2.71 bits per heavy atom. The van der Waals surface area contributed by atoms with Crippen LogP contribution in [0.1, 0.15) is 63.9 Å². The monoisotopic (exact) mass is 443 g/mol. The van der Waals surface area contributed by atoms with Gasteiger partial charge in [0.25, 0.3) is 0 Å². The number of hydrogen-bond acceptors (Lipinski definition) is 3. The number of halogens is 1. The van der Waals surface area contributed by atoms with E-state index >= 15 is 0 Å². The molecule has 0 unspecified atom stereocenters. The van der Waals surface area contributed by atoms with Crippen molar-refractivity contribution in [2.75, 3.05) is 13.1 Å². The van der Waals surface area contributed by atoms with Crippen LogP contribution in [0.25, 0.3) is 10.8 Å². The molecule has 1 saturated carbocycles. The van der Waals surface area contributed by atoms with Gasteiger partial charge in [0.15, 0.2) is 0 Å². The molecule has 1 atom stereocenters. The average molecular weight is 444 g/mol. The predicted octanol–water partition coefficient (Wildman–Crippen LogP) is 6.23. The second-order valence-corrected chi connectivity index (χ2v) is 10.2. The van der Waals surface area contributed by atoms with Gasteiger partial charge in [0.05, 0.1) is 17.5 Å². The summed E-state index contributed by atoms with van der Waals surface area (Å²) in [5.74, 6) is 0.868. The molecule has 4 rings (SSSR count). The molecule has 31 heavy (non-hydrogen) atoms. The number of aliphatic carboxylic acids is 1. The van der Waals surface area contributed by atoms with Crippen molar-refractivity contribution in [1.82, 2.24) is 5.32 Å². The Morgan fingerprint density at radius 2 is 2.00 bits per heavy atom. The summed E-state index contributed by atoms with van der Waals surface area (Å²) in [4.78, 5) is 11.5. The number of aryl methyl sites for hydroxylation is 1. The van der Waals surface area contributed by atoms with Gasteiger partial charge in [0.1, 0.15) is 5.75 Å². The van der Waals surface area contributed by atoms with Gasteiger partial charge in [0, 0.05) is 11.9 Å². The second kappa shape index (κ2) is 9.79. The summed E-state index contributed by atoms with van der Waals surface area (Å²) in [5, 5.41) is 15.7. The first kappa shape index (κ1) is 22.4. The minimum absolute atomic E-state index is 0.161. The number of rotatable bonds is 7. The summed E-state index contributed by atoms with van der Waals surface area (Å²) in [5.41, 5.74) is 1.04. The Morgan fingerprint density at radius 1 is 1.23 bits per heavy atom. The zero-order chi connectivity index (χ0) is 21.8. The van der Waals surface area contributed by atoms with Crippen molar-refractivity contribution in [1.29, 1.82) is 0 Å². The van der Waals surface area contributed by atoms with Crippen molar-refractivity contribution in [2.45, 2.75) is 70.8 Å². The third-order valence-electron chi connectivity index (χ3n) is 7.27. The number of ether oxygens (including phenoxy) is 1. The van der Waals surface area contributed by atoms with E-state index in [2.05, 4.69) is 36.5 Å². The molecular weight excluding hydrogens is 410 g/mol. The zero-order valence-corrected chi connectivity index (χ0v) is 19.2. The Balaban J connectivity index is 1.50. The van der Waals surface area contributed by atoms with E-state index in [9.17, 15) is 9.90 Å². The molecule has 2 aromatic rings. The van der Waals surface area contributed by atoms with E-state index < -0.39 is 5.97 Å². The van der Waals surface area contributed by atoms with Crippen LogP contribution in [0.15, 0.2) is 30.3 Å². The van der Waals surface area contributed by atoms with E-state index in [0.717, 1.165) is 74.1 Å². The van der Waals surface area contributed by atoms with Crippen LogP contribution in [0.2, 0.25) is 5.02 Å². The summed E-state index contributed by atoms with van der Waals surface area (Å²) >= 11 is 6.79. The highest BCUT2D eigenvalue weighted by atomic mass is 35.5.